The van der Waals surface area contributed by atoms with Crippen LogP contribution in [0.4, 0.5) is 0 Å². The lowest BCUT2D eigenvalue weighted by Gasteiger charge is -2.18. The summed E-state index contributed by atoms with van der Waals surface area (Å²) in [5.74, 6) is -0.745. The molecule has 0 bridgehead atoms. The third-order valence-electron chi connectivity index (χ3n) is 1.42. The van der Waals surface area contributed by atoms with Crippen LogP contribution >= 0.6 is 0 Å². The molecule has 12 heavy (non-hydrogen) atoms. The van der Waals surface area contributed by atoms with E-state index in [2.05, 4.69) is 12.2 Å². The Morgan fingerprint density at radius 3 is 2.50 bits per heavy atom. The highest BCUT2D eigenvalue weighted by molar-refractivity contribution is 5.66. The maximum atomic E-state index is 9.37. The van der Waals surface area contributed by atoms with E-state index in [9.17, 15) is 4.79 Å². The normalized spacial score (nSPS) is 22.3. The standard InChI is InChI=1S/C5H11NO.C3H6O2/c1-5-4-6-2-3-7-5;1-2-3(4)5/h5-6H,2-4H2,1H3;2H2,1H3,(H,4,5)/t5-;/m0./s1. The van der Waals surface area contributed by atoms with Crippen molar-refractivity contribution in [1.29, 1.82) is 0 Å². The molecule has 1 aliphatic rings. The van der Waals surface area contributed by atoms with E-state index in [4.69, 9.17) is 9.84 Å². The Hall–Kier alpha value is -0.610. The van der Waals surface area contributed by atoms with E-state index in [1.165, 1.54) is 0 Å². The lowest BCUT2D eigenvalue weighted by atomic mass is 10.3. The monoisotopic (exact) mass is 175 g/mol. The van der Waals surface area contributed by atoms with Crippen LogP contribution in [-0.4, -0.2) is 36.9 Å². The van der Waals surface area contributed by atoms with E-state index < -0.39 is 5.97 Å². The van der Waals surface area contributed by atoms with Crippen LogP contribution in [0.3, 0.4) is 0 Å². The second kappa shape index (κ2) is 7.06. The van der Waals surface area contributed by atoms with Gasteiger partial charge in [0.15, 0.2) is 0 Å². The maximum Gasteiger partial charge on any atom is 0.303 e. The highest BCUT2D eigenvalue weighted by atomic mass is 16.5. The number of carbonyl (C=O) groups is 1. The Morgan fingerprint density at radius 1 is 1.75 bits per heavy atom. The molecule has 2 N–H and O–H groups in total. The summed E-state index contributed by atoms with van der Waals surface area (Å²) in [4.78, 5) is 9.37. The van der Waals surface area contributed by atoms with Gasteiger partial charge < -0.3 is 15.2 Å². The van der Waals surface area contributed by atoms with Crippen molar-refractivity contribution in [3.63, 3.8) is 0 Å². The zero-order valence-corrected chi connectivity index (χ0v) is 7.67. The molecule has 0 spiro atoms. The summed E-state index contributed by atoms with van der Waals surface area (Å²) in [6.45, 7) is 6.58. The molecule has 1 heterocycles. The predicted molar refractivity (Wildman–Crippen MR) is 46.2 cm³/mol. The van der Waals surface area contributed by atoms with E-state index in [0.29, 0.717) is 6.10 Å². The molecule has 0 aromatic carbocycles. The molecule has 1 aliphatic heterocycles. The van der Waals surface area contributed by atoms with E-state index in [1.54, 1.807) is 6.92 Å². The molecule has 1 saturated heterocycles. The van der Waals surface area contributed by atoms with Crippen molar-refractivity contribution in [2.75, 3.05) is 19.7 Å². The Bertz CT molecular complexity index is 121. The molecule has 4 nitrogen and oxygen atoms in total. The van der Waals surface area contributed by atoms with Crippen molar-refractivity contribution >= 4 is 5.97 Å². The fourth-order valence-electron chi connectivity index (χ4n) is 0.697. The molecule has 0 unspecified atom stereocenters. The number of carboxylic acid groups (broad SMARTS) is 1. The molecule has 0 radical (unpaired) electrons. The Labute approximate surface area is 72.9 Å². The molecular weight excluding hydrogens is 158 g/mol. The zero-order chi connectivity index (χ0) is 9.40. The van der Waals surface area contributed by atoms with Crippen LogP contribution in [0.15, 0.2) is 0 Å². The molecule has 0 aromatic heterocycles. The Kier molecular flexibility index (Phi) is 6.70. The van der Waals surface area contributed by atoms with Gasteiger partial charge in [-0.15, -0.1) is 0 Å². The summed E-state index contributed by atoms with van der Waals surface area (Å²) in [7, 11) is 0. The molecule has 1 rings (SSSR count). The number of hydrogen-bond acceptors (Lipinski definition) is 3. The van der Waals surface area contributed by atoms with Crippen LogP contribution in [0.5, 0.6) is 0 Å². The van der Waals surface area contributed by atoms with Crippen LogP contribution in [0.2, 0.25) is 0 Å². The van der Waals surface area contributed by atoms with E-state index in [-0.39, 0.29) is 6.42 Å². The highest BCUT2D eigenvalue weighted by Gasteiger charge is 2.04. The van der Waals surface area contributed by atoms with Gasteiger partial charge in [0.25, 0.3) is 0 Å². The van der Waals surface area contributed by atoms with Crippen molar-refractivity contribution in [3.05, 3.63) is 0 Å². The molecule has 72 valence electrons. The van der Waals surface area contributed by atoms with E-state index in [0.717, 1.165) is 19.7 Å². The van der Waals surface area contributed by atoms with Crippen LogP contribution in [-0.2, 0) is 9.53 Å². The summed E-state index contributed by atoms with van der Waals surface area (Å²) < 4.78 is 5.22. The van der Waals surface area contributed by atoms with Gasteiger partial charge in [0.05, 0.1) is 12.7 Å². The van der Waals surface area contributed by atoms with Crippen molar-refractivity contribution in [2.24, 2.45) is 0 Å². The SMILES string of the molecule is CCC(=O)O.C[C@H]1CNCCO1. The summed E-state index contributed by atoms with van der Waals surface area (Å²) in [6.07, 6.45) is 0.647. The smallest absolute Gasteiger partial charge is 0.303 e. The van der Waals surface area contributed by atoms with Crippen LogP contribution in [0.1, 0.15) is 20.3 Å². The Balaban J connectivity index is 0.000000217. The fraction of sp³-hybridized carbons (Fsp3) is 0.875. The minimum atomic E-state index is -0.745. The molecule has 0 aliphatic carbocycles. The predicted octanol–water partition coefficient (Wildman–Crippen LogP) is 0.476. The summed E-state index contributed by atoms with van der Waals surface area (Å²) in [5, 5.41) is 10.9. The molecule has 4 heteroatoms. The lowest BCUT2D eigenvalue weighted by Crippen LogP contribution is -2.36. The van der Waals surface area contributed by atoms with Gasteiger partial charge >= 0.3 is 5.97 Å². The first-order valence-corrected chi connectivity index (χ1v) is 4.21. The molecular formula is C8H17NO3. The van der Waals surface area contributed by atoms with Gasteiger partial charge in [-0.2, -0.15) is 0 Å². The Morgan fingerprint density at radius 2 is 2.33 bits per heavy atom. The van der Waals surface area contributed by atoms with Gasteiger partial charge in [0.2, 0.25) is 0 Å². The number of morpholine rings is 1. The minimum absolute atomic E-state index is 0.222. The fourth-order valence-corrected chi connectivity index (χ4v) is 0.697. The average molecular weight is 175 g/mol. The van der Waals surface area contributed by atoms with Gasteiger partial charge in [-0.1, -0.05) is 6.92 Å². The molecule has 0 saturated carbocycles. The molecule has 0 aromatic rings. The quantitative estimate of drug-likeness (QED) is 0.608. The first-order chi connectivity index (χ1) is 5.66. The second-order valence-electron chi connectivity index (χ2n) is 2.63. The topological polar surface area (TPSA) is 58.6 Å². The third-order valence-corrected chi connectivity index (χ3v) is 1.42. The highest BCUT2D eigenvalue weighted by Crippen LogP contribution is 1.91. The van der Waals surface area contributed by atoms with Crippen LogP contribution in [0, 0.1) is 0 Å². The number of aliphatic carboxylic acids is 1. The third kappa shape index (κ3) is 7.50. The summed E-state index contributed by atoms with van der Waals surface area (Å²) in [6, 6.07) is 0. The van der Waals surface area contributed by atoms with E-state index in [1.807, 2.05) is 0 Å². The van der Waals surface area contributed by atoms with Crippen LogP contribution < -0.4 is 5.32 Å². The van der Waals surface area contributed by atoms with Gasteiger partial charge in [-0.3, -0.25) is 4.79 Å². The first kappa shape index (κ1) is 11.4. The largest absolute Gasteiger partial charge is 0.481 e. The average Bonchev–Trinajstić information content (AvgIpc) is 2.07. The van der Waals surface area contributed by atoms with Crippen molar-refractivity contribution in [2.45, 2.75) is 26.4 Å². The molecule has 1 atom stereocenters. The molecule has 0 amide bonds. The second-order valence-corrected chi connectivity index (χ2v) is 2.63. The zero-order valence-electron chi connectivity index (χ0n) is 7.67. The number of nitrogens with one attached hydrogen (secondary N) is 1. The number of hydrogen-bond donors (Lipinski definition) is 2. The van der Waals surface area contributed by atoms with E-state index >= 15 is 0 Å². The van der Waals surface area contributed by atoms with Crippen LogP contribution in [0.25, 0.3) is 0 Å². The first-order valence-electron chi connectivity index (χ1n) is 4.21. The van der Waals surface area contributed by atoms with Crippen molar-refractivity contribution in [3.8, 4) is 0 Å². The lowest BCUT2D eigenvalue weighted by molar-refractivity contribution is -0.136. The summed E-state index contributed by atoms with van der Waals surface area (Å²) in [5.41, 5.74) is 0. The number of ether oxygens (including phenoxy) is 1. The summed E-state index contributed by atoms with van der Waals surface area (Å²) >= 11 is 0. The van der Waals surface area contributed by atoms with Gasteiger partial charge in [-0.25, -0.2) is 0 Å². The van der Waals surface area contributed by atoms with Gasteiger partial charge in [0, 0.05) is 19.5 Å². The molecule has 1 fully saturated rings. The van der Waals surface area contributed by atoms with Gasteiger partial charge in [0.1, 0.15) is 0 Å². The minimum Gasteiger partial charge on any atom is -0.481 e. The number of rotatable bonds is 1. The van der Waals surface area contributed by atoms with Crippen molar-refractivity contribution < 1.29 is 14.6 Å². The van der Waals surface area contributed by atoms with Gasteiger partial charge in [-0.05, 0) is 6.92 Å². The maximum absolute atomic E-state index is 9.37. The number of carboxylic acids is 1. The van der Waals surface area contributed by atoms with Crippen molar-refractivity contribution in [1.82, 2.24) is 5.32 Å².